The van der Waals surface area contributed by atoms with Crippen molar-refractivity contribution in [2.24, 2.45) is 4.99 Å². The van der Waals surface area contributed by atoms with Gasteiger partial charge in [-0.2, -0.15) is 0 Å². The Kier molecular flexibility index (Phi) is 14.7. The van der Waals surface area contributed by atoms with E-state index in [1.165, 1.54) is 59.8 Å². The second-order valence-electron chi connectivity index (χ2n) is 8.35. The lowest BCUT2D eigenvalue weighted by molar-refractivity contribution is -0.116. The molecule has 1 amide bonds. The van der Waals surface area contributed by atoms with Crippen molar-refractivity contribution < 1.29 is 13.2 Å². The molecule has 0 bridgehead atoms. The Bertz CT molecular complexity index is 1520. The third kappa shape index (κ3) is 9.94. The first kappa shape index (κ1) is 36.0. The average Bonchev–Trinajstić information content (AvgIpc) is 3.32. The van der Waals surface area contributed by atoms with Gasteiger partial charge in [0.25, 0.3) is 15.9 Å². The van der Waals surface area contributed by atoms with Gasteiger partial charge in [0.2, 0.25) is 0 Å². The molecule has 1 aliphatic heterocycles. The highest BCUT2D eigenvalue weighted by atomic mass is 35.5. The van der Waals surface area contributed by atoms with Crippen molar-refractivity contribution in [3.05, 3.63) is 74.7 Å². The number of benzene rings is 3. The minimum Gasteiger partial charge on any atom is -0.280 e. The number of anilines is 2. The van der Waals surface area contributed by atoms with Gasteiger partial charge in [-0.05, 0) is 60.5 Å². The third-order valence-electron chi connectivity index (χ3n) is 4.94. The van der Waals surface area contributed by atoms with E-state index in [9.17, 15) is 13.2 Å². The van der Waals surface area contributed by atoms with Gasteiger partial charge in [-0.1, -0.05) is 93.5 Å². The van der Waals surface area contributed by atoms with E-state index in [-0.39, 0.29) is 54.5 Å². The highest BCUT2D eigenvalue weighted by Crippen LogP contribution is 2.36. The van der Waals surface area contributed by atoms with Crippen LogP contribution in [0.1, 0.15) is 47.5 Å². The molecular formula is C28H33Cl4N5O3S2. The van der Waals surface area contributed by atoms with Crippen LogP contribution in [0.4, 0.5) is 17.1 Å². The molecule has 0 aromatic heterocycles. The Labute approximate surface area is 272 Å². The normalized spacial score (nSPS) is 13.6. The first-order chi connectivity index (χ1) is 20.0. The summed E-state index contributed by atoms with van der Waals surface area (Å²) in [6, 6.07) is 14.0. The van der Waals surface area contributed by atoms with Gasteiger partial charge in [-0.3, -0.25) is 19.7 Å². The summed E-state index contributed by atoms with van der Waals surface area (Å²) in [6.45, 7) is 10.9. The SMILES string of the molecule is CC.CCC.CCNSc1cccc(S(=O)(=O)Nc2ccc(Cl)c(N=C3CC(=O)N(c4cc(Cl)c(Cl)cc4Cl)N3)c2)c1. The van der Waals surface area contributed by atoms with E-state index in [0.29, 0.717) is 5.69 Å². The van der Waals surface area contributed by atoms with Gasteiger partial charge >= 0.3 is 0 Å². The fourth-order valence-corrected chi connectivity index (χ4v) is 5.88. The molecule has 0 saturated carbocycles. The van der Waals surface area contributed by atoms with Crippen LogP contribution in [0, 0.1) is 0 Å². The molecule has 0 atom stereocenters. The number of carbonyl (C=O) groups excluding carboxylic acids is 1. The summed E-state index contributed by atoms with van der Waals surface area (Å²) < 4.78 is 31.6. The molecule has 0 unspecified atom stereocenters. The number of carbonyl (C=O) groups is 1. The van der Waals surface area contributed by atoms with Crippen LogP contribution in [0.15, 0.2) is 69.4 Å². The number of hydrogen-bond acceptors (Lipinski definition) is 6. The minimum absolute atomic E-state index is 0.0703. The van der Waals surface area contributed by atoms with E-state index >= 15 is 0 Å². The van der Waals surface area contributed by atoms with Crippen molar-refractivity contribution in [3.63, 3.8) is 0 Å². The molecule has 0 aliphatic carbocycles. The summed E-state index contributed by atoms with van der Waals surface area (Å²) in [4.78, 5) is 17.9. The second kappa shape index (κ2) is 17.2. The number of nitrogens with one attached hydrogen (secondary N) is 3. The van der Waals surface area contributed by atoms with E-state index in [0.717, 1.165) is 11.4 Å². The number of hydrazine groups is 1. The molecule has 42 heavy (non-hydrogen) atoms. The number of hydrogen-bond donors (Lipinski definition) is 3. The number of sulfonamides is 1. The Morgan fingerprint density at radius 3 is 2.26 bits per heavy atom. The van der Waals surface area contributed by atoms with Crippen LogP contribution in [-0.2, 0) is 14.8 Å². The van der Waals surface area contributed by atoms with Crippen LogP contribution >= 0.6 is 58.4 Å². The van der Waals surface area contributed by atoms with Crippen LogP contribution in [0.3, 0.4) is 0 Å². The Hall–Kier alpha value is -2.18. The first-order valence-corrected chi connectivity index (χ1v) is 16.9. The van der Waals surface area contributed by atoms with Crippen LogP contribution < -0.4 is 19.9 Å². The molecule has 1 aliphatic rings. The van der Waals surface area contributed by atoms with Crippen LogP contribution in [0.2, 0.25) is 20.1 Å². The zero-order valence-electron chi connectivity index (χ0n) is 23.8. The standard InChI is InChI=1S/C23H19Cl4N5O3S2.C3H8.C2H6/c1-2-28-36-14-4-3-5-15(9-14)37(34,35)31-13-6-7-16(24)20(8-13)29-22-12-23(33)32(30-22)21-11-18(26)17(25)10-19(21)27;1-3-2;1-2/h3-11,28,31H,2,12H2,1H3,(H,29,30);3H2,1-2H3;1-2H3. The third-order valence-corrected chi connectivity index (χ3v) is 8.59. The zero-order chi connectivity index (χ0) is 31.4. The van der Waals surface area contributed by atoms with E-state index in [4.69, 9.17) is 46.4 Å². The minimum atomic E-state index is -3.88. The van der Waals surface area contributed by atoms with Gasteiger partial charge in [0, 0.05) is 11.4 Å². The Morgan fingerprint density at radius 1 is 0.929 bits per heavy atom. The lowest BCUT2D eigenvalue weighted by Crippen LogP contribution is -2.36. The summed E-state index contributed by atoms with van der Waals surface area (Å²) in [6.07, 6.45) is 1.18. The van der Waals surface area contributed by atoms with Crippen molar-refractivity contribution in [1.82, 2.24) is 10.1 Å². The highest BCUT2D eigenvalue weighted by molar-refractivity contribution is 7.97. The molecule has 3 aromatic carbocycles. The molecule has 3 aromatic rings. The van der Waals surface area contributed by atoms with Gasteiger partial charge in [0.15, 0.2) is 0 Å². The van der Waals surface area contributed by atoms with E-state index in [2.05, 4.69) is 33.7 Å². The summed E-state index contributed by atoms with van der Waals surface area (Å²) in [5, 5.41) is 2.18. The average molecular weight is 694 g/mol. The number of amides is 1. The maximum absolute atomic E-state index is 13.0. The molecule has 0 radical (unpaired) electrons. The molecule has 1 heterocycles. The summed E-state index contributed by atoms with van der Waals surface area (Å²) >= 11 is 26.0. The van der Waals surface area contributed by atoms with Crippen molar-refractivity contribution >= 4 is 97.2 Å². The number of amidine groups is 1. The fourth-order valence-electron chi connectivity index (χ4n) is 3.28. The predicted molar refractivity (Wildman–Crippen MR) is 179 cm³/mol. The zero-order valence-corrected chi connectivity index (χ0v) is 28.4. The quantitative estimate of drug-likeness (QED) is 0.161. The molecule has 0 spiro atoms. The lowest BCUT2D eigenvalue weighted by atomic mass is 10.3. The van der Waals surface area contributed by atoms with Crippen LogP contribution in [-0.4, -0.2) is 26.7 Å². The molecule has 3 N–H and O–H groups in total. The largest absolute Gasteiger partial charge is 0.280 e. The fraction of sp³-hybridized carbons (Fsp3) is 0.286. The maximum Gasteiger partial charge on any atom is 0.261 e. The maximum atomic E-state index is 13.0. The predicted octanol–water partition coefficient (Wildman–Crippen LogP) is 9.13. The summed E-state index contributed by atoms with van der Waals surface area (Å²) in [5.74, 6) is -0.0514. The van der Waals surface area contributed by atoms with Crippen molar-refractivity contribution in [1.29, 1.82) is 0 Å². The number of halogens is 4. The highest BCUT2D eigenvalue weighted by Gasteiger charge is 2.29. The smallest absolute Gasteiger partial charge is 0.261 e. The van der Waals surface area contributed by atoms with Crippen molar-refractivity contribution in [2.75, 3.05) is 16.3 Å². The number of nitrogens with zero attached hydrogens (tertiary/aromatic N) is 2. The molecule has 4 rings (SSSR count). The van der Waals surface area contributed by atoms with Gasteiger partial charge in [-0.25, -0.2) is 18.4 Å². The van der Waals surface area contributed by atoms with Crippen molar-refractivity contribution in [3.8, 4) is 0 Å². The Balaban J connectivity index is 0.00000116. The molecule has 228 valence electrons. The van der Waals surface area contributed by atoms with E-state index < -0.39 is 10.0 Å². The molecule has 1 saturated heterocycles. The molecular weight excluding hydrogens is 660 g/mol. The number of aliphatic imine (C=N–C) groups is 1. The van der Waals surface area contributed by atoms with Gasteiger partial charge < -0.3 is 0 Å². The molecule has 14 heteroatoms. The summed E-state index contributed by atoms with van der Waals surface area (Å²) in [7, 11) is -3.88. The van der Waals surface area contributed by atoms with Gasteiger partial charge in [0.1, 0.15) is 5.84 Å². The van der Waals surface area contributed by atoms with Crippen LogP contribution in [0.5, 0.6) is 0 Å². The molecule has 1 fully saturated rings. The monoisotopic (exact) mass is 691 g/mol. The van der Waals surface area contributed by atoms with Gasteiger partial charge in [-0.15, -0.1) is 0 Å². The Morgan fingerprint density at radius 2 is 1.60 bits per heavy atom. The first-order valence-electron chi connectivity index (χ1n) is 13.1. The summed E-state index contributed by atoms with van der Waals surface area (Å²) in [5.41, 5.74) is 3.70. The van der Waals surface area contributed by atoms with E-state index in [1.54, 1.807) is 12.1 Å². The lowest BCUT2D eigenvalue weighted by Gasteiger charge is -2.18. The van der Waals surface area contributed by atoms with E-state index in [1.807, 2.05) is 26.8 Å². The van der Waals surface area contributed by atoms with Crippen LogP contribution in [0.25, 0.3) is 0 Å². The van der Waals surface area contributed by atoms with Gasteiger partial charge in [0.05, 0.1) is 48.5 Å². The topological polar surface area (TPSA) is 103 Å². The number of rotatable bonds is 8. The second-order valence-corrected chi connectivity index (χ2v) is 12.6. The van der Waals surface area contributed by atoms with Crippen molar-refractivity contribution in [2.45, 2.75) is 57.3 Å². The molecule has 8 nitrogen and oxygen atoms in total.